The van der Waals surface area contributed by atoms with Crippen molar-refractivity contribution < 1.29 is 14.3 Å². The summed E-state index contributed by atoms with van der Waals surface area (Å²) in [6.45, 7) is 2.03. The highest BCUT2D eigenvalue weighted by atomic mass is 19.1. The minimum Gasteiger partial charge on any atom is -0.391 e. The van der Waals surface area contributed by atoms with Gasteiger partial charge in [-0.15, -0.1) is 0 Å². The van der Waals surface area contributed by atoms with Crippen molar-refractivity contribution in [2.75, 3.05) is 0 Å². The Balaban J connectivity index is 1.81. The molecule has 0 bridgehead atoms. The molecule has 1 aromatic carbocycles. The Hall–Kier alpha value is -1.62. The van der Waals surface area contributed by atoms with Crippen molar-refractivity contribution in [1.29, 1.82) is 0 Å². The van der Waals surface area contributed by atoms with E-state index in [1.807, 2.05) is 0 Å². The number of benzene rings is 1. The van der Waals surface area contributed by atoms with Crippen LogP contribution in [-0.4, -0.2) is 23.3 Å². The molecule has 1 saturated carbocycles. The molecular weight excluding hydrogens is 259 g/mol. The van der Waals surface area contributed by atoms with Crippen LogP contribution in [0.3, 0.4) is 0 Å². The van der Waals surface area contributed by atoms with Crippen LogP contribution in [0, 0.1) is 12.7 Å². The molecule has 2 amide bonds. The topological polar surface area (TPSA) is 61.4 Å². The number of nitrogens with one attached hydrogen (secondary N) is 2. The molecule has 1 aliphatic carbocycles. The highest BCUT2D eigenvalue weighted by Gasteiger charge is 2.24. The molecule has 0 spiro atoms. The van der Waals surface area contributed by atoms with Gasteiger partial charge in [-0.3, -0.25) is 0 Å². The maximum Gasteiger partial charge on any atom is 0.315 e. The van der Waals surface area contributed by atoms with Gasteiger partial charge in [-0.1, -0.05) is 25.0 Å². The molecular formula is C15H21FN2O2. The number of amides is 2. The number of aryl methyl sites for hydroxylation is 1. The zero-order valence-electron chi connectivity index (χ0n) is 11.7. The first-order valence-electron chi connectivity index (χ1n) is 7.03. The van der Waals surface area contributed by atoms with Gasteiger partial charge in [-0.2, -0.15) is 0 Å². The van der Waals surface area contributed by atoms with Gasteiger partial charge < -0.3 is 15.7 Å². The normalized spacial score (nSPS) is 22.4. The van der Waals surface area contributed by atoms with E-state index in [4.69, 9.17) is 0 Å². The minimum absolute atomic E-state index is 0.168. The average Bonchev–Trinajstić information content (AvgIpc) is 2.43. The first-order chi connectivity index (χ1) is 9.56. The SMILES string of the molecule is Cc1cc(CNC(=O)NC2CCCCC2O)ccc1F. The minimum atomic E-state index is -0.456. The smallest absolute Gasteiger partial charge is 0.315 e. The van der Waals surface area contributed by atoms with E-state index in [1.54, 1.807) is 19.1 Å². The summed E-state index contributed by atoms with van der Waals surface area (Å²) in [5.41, 5.74) is 1.41. The van der Waals surface area contributed by atoms with Gasteiger partial charge in [0, 0.05) is 6.54 Å². The van der Waals surface area contributed by atoms with E-state index in [2.05, 4.69) is 10.6 Å². The van der Waals surface area contributed by atoms with E-state index < -0.39 is 6.10 Å². The van der Waals surface area contributed by atoms with Crippen LogP contribution >= 0.6 is 0 Å². The Bertz CT molecular complexity index is 479. The van der Waals surface area contributed by atoms with Gasteiger partial charge in [0.05, 0.1) is 12.1 Å². The van der Waals surface area contributed by atoms with E-state index in [1.165, 1.54) is 6.07 Å². The lowest BCUT2D eigenvalue weighted by atomic mass is 9.93. The van der Waals surface area contributed by atoms with Gasteiger partial charge in [0.25, 0.3) is 0 Å². The molecule has 2 rings (SSSR count). The summed E-state index contributed by atoms with van der Waals surface area (Å²) in [5.74, 6) is -0.247. The van der Waals surface area contributed by atoms with Crippen LogP contribution in [0.2, 0.25) is 0 Å². The van der Waals surface area contributed by atoms with E-state index in [9.17, 15) is 14.3 Å². The number of aliphatic hydroxyl groups is 1. The molecule has 0 aliphatic heterocycles. The summed E-state index contributed by atoms with van der Waals surface area (Å²) in [4.78, 5) is 11.8. The van der Waals surface area contributed by atoms with Gasteiger partial charge in [-0.25, -0.2) is 9.18 Å². The Labute approximate surface area is 118 Å². The average molecular weight is 280 g/mol. The molecule has 0 radical (unpaired) electrons. The monoisotopic (exact) mass is 280 g/mol. The van der Waals surface area contributed by atoms with Crippen molar-refractivity contribution >= 4 is 6.03 Å². The van der Waals surface area contributed by atoms with E-state index in [0.717, 1.165) is 31.2 Å². The van der Waals surface area contributed by atoms with Crippen LogP contribution in [0.5, 0.6) is 0 Å². The molecule has 4 nitrogen and oxygen atoms in total. The summed E-state index contributed by atoms with van der Waals surface area (Å²) >= 11 is 0. The zero-order valence-corrected chi connectivity index (χ0v) is 11.7. The van der Waals surface area contributed by atoms with Crippen molar-refractivity contribution in [3.05, 3.63) is 35.1 Å². The fourth-order valence-electron chi connectivity index (χ4n) is 2.50. The lowest BCUT2D eigenvalue weighted by Gasteiger charge is -2.28. The summed E-state index contributed by atoms with van der Waals surface area (Å²) < 4.78 is 13.1. The molecule has 1 aromatic rings. The molecule has 2 unspecified atom stereocenters. The molecule has 2 atom stereocenters. The van der Waals surface area contributed by atoms with E-state index in [0.29, 0.717) is 12.1 Å². The predicted octanol–water partition coefficient (Wildman–Crippen LogP) is 2.24. The van der Waals surface area contributed by atoms with Crippen molar-refractivity contribution in [3.63, 3.8) is 0 Å². The van der Waals surface area contributed by atoms with Crippen LogP contribution in [0.25, 0.3) is 0 Å². The largest absolute Gasteiger partial charge is 0.391 e. The second-order valence-corrected chi connectivity index (χ2v) is 5.37. The van der Waals surface area contributed by atoms with Crippen molar-refractivity contribution in [2.45, 2.75) is 51.3 Å². The number of urea groups is 1. The van der Waals surface area contributed by atoms with Crippen LogP contribution in [0.4, 0.5) is 9.18 Å². The molecule has 20 heavy (non-hydrogen) atoms. The maximum absolute atomic E-state index is 13.1. The highest BCUT2D eigenvalue weighted by Crippen LogP contribution is 2.18. The predicted molar refractivity (Wildman–Crippen MR) is 74.8 cm³/mol. The molecule has 0 aromatic heterocycles. The first kappa shape index (κ1) is 14.8. The quantitative estimate of drug-likeness (QED) is 0.795. The molecule has 3 N–H and O–H groups in total. The van der Waals surface area contributed by atoms with Gasteiger partial charge in [0.1, 0.15) is 5.82 Å². The maximum atomic E-state index is 13.1. The van der Waals surface area contributed by atoms with Gasteiger partial charge in [0.2, 0.25) is 0 Å². The summed E-state index contributed by atoms with van der Waals surface area (Å²) in [7, 11) is 0. The second kappa shape index (κ2) is 6.70. The number of hydrogen-bond donors (Lipinski definition) is 3. The lowest BCUT2D eigenvalue weighted by Crippen LogP contribution is -2.48. The second-order valence-electron chi connectivity index (χ2n) is 5.37. The molecule has 1 fully saturated rings. The van der Waals surface area contributed by atoms with Crippen LogP contribution in [0.1, 0.15) is 36.8 Å². The number of carbonyl (C=O) groups excluding carboxylic acids is 1. The lowest BCUT2D eigenvalue weighted by molar-refractivity contribution is 0.0943. The number of hydrogen-bond acceptors (Lipinski definition) is 2. The van der Waals surface area contributed by atoms with Crippen molar-refractivity contribution in [2.24, 2.45) is 0 Å². The number of rotatable bonds is 3. The van der Waals surface area contributed by atoms with E-state index >= 15 is 0 Å². The van der Waals surface area contributed by atoms with E-state index in [-0.39, 0.29) is 17.9 Å². The molecule has 5 heteroatoms. The zero-order chi connectivity index (χ0) is 14.5. The van der Waals surface area contributed by atoms with Crippen LogP contribution < -0.4 is 10.6 Å². The molecule has 1 aliphatic rings. The summed E-state index contributed by atoms with van der Waals surface area (Å²) in [5, 5.41) is 15.3. The Morgan fingerprint density at radius 1 is 1.40 bits per heavy atom. The highest BCUT2D eigenvalue weighted by molar-refractivity contribution is 5.74. The molecule has 0 heterocycles. The van der Waals surface area contributed by atoms with Gasteiger partial charge >= 0.3 is 6.03 Å². The van der Waals surface area contributed by atoms with Gasteiger partial charge in [-0.05, 0) is 37.0 Å². The fourth-order valence-corrected chi connectivity index (χ4v) is 2.50. The standard InChI is InChI=1S/C15H21FN2O2/c1-10-8-11(6-7-12(10)16)9-17-15(20)18-13-4-2-3-5-14(13)19/h6-8,13-14,19H,2-5,9H2,1H3,(H2,17,18,20). The van der Waals surface area contributed by atoms with Crippen LogP contribution in [0.15, 0.2) is 18.2 Å². The Kier molecular flexibility index (Phi) is 4.95. The fraction of sp³-hybridized carbons (Fsp3) is 0.533. The third-order valence-corrected chi connectivity index (χ3v) is 3.72. The number of carbonyl (C=O) groups is 1. The number of halogens is 1. The summed E-state index contributed by atoms with van der Waals surface area (Å²) in [6, 6.07) is 4.30. The third-order valence-electron chi connectivity index (χ3n) is 3.72. The van der Waals surface area contributed by atoms with Gasteiger partial charge in [0.15, 0.2) is 0 Å². The first-order valence-corrected chi connectivity index (χ1v) is 7.03. The van der Waals surface area contributed by atoms with Crippen LogP contribution in [-0.2, 0) is 6.54 Å². The molecule has 0 saturated heterocycles. The number of aliphatic hydroxyl groups excluding tert-OH is 1. The summed E-state index contributed by atoms with van der Waals surface area (Å²) in [6.07, 6.45) is 3.13. The third kappa shape index (κ3) is 3.93. The Morgan fingerprint density at radius 3 is 2.85 bits per heavy atom. The van der Waals surface area contributed by atoms with Crippen molar-refractivity contribution in [3.8, 4) is 0 Å². The molecule has 110 valence electrons. The van der Waals surface area contributed by atoms with Crippen molar-refractivity contribution in [1.82, 2.24) is 10.6 Å². The Morgan fingerprint density at radius 2 is 2.15 bits per heavy atom.